The third-order valence-electron chi connectivity index (χ3n) is 4.44. The van der Waals surface area contributed by atoms with Crippen molar-refractivity contribution in [3.05, 3.63) is 64.4 Å². The maximum Gasteiger partial charge on any atom is 0.416 e. The molecular formula is C21H18F4N2O3S. The molecule has 0 aliphatic heterocycles. The highest BCUT2D eigenvalue weighted by Crippen LogP contribution is 2.34. The molecule has 0 saturated heterocycles. The van der Waals surface area contributed by atoms with E-state index in [4.69, 9.17) is 9.84 Å². The monoisotopic (exact) mass is 454 g/mol. The van der Waals surface area contributed by atoms with Crippen LogP contribution in [0.1, 0.15) is 16.1 Å². The summed E-state index contributed by atoms with van der Waals surface area (Å²) < 4.78 is 57.3. The Labute approximate surface area is 179 Å². The molecule has 0 bridgehead atoms. The third kappa shape index (κ3) is 5.52. The lowest BCUT2D eigenvalue weighted by atomic mass is 10.1. The lowest BCUT2D eigenvalue weighted by molar-refractivity contribution is -0.139. The number of alkyl halides is 3. The molecule has 0 amide bonds. The first-order valence-corrected chi connectivity index (χ1v) is 9.85. The van der Waals surface area contributed by atoms with E-state index in [1.165, 1.54) is 35.6 Å². The molecule has 0 aliphatic rings. The summed E-state index contributed by atoms with van der Waals surface area (Å²) in [7, 11) is 1.75. The van der Waals surface area contributed by atoms with Crippen LogP contribution in [0.15, 0.2) is 42.5 Å². The van der Waals surface area contributed by atoms with Gasteiger partial charge in [-0.25, -0.2) is 14.2 Å². The van der Waals surface area contributed by atoms with E-state index in [1.54, 1.807) is 24.9 Å². The van der Waals surface area contributed by atoms with Gasteiger partial charge in [0.2, 0.25) is 0 Å². The molecule has 3 aromatic rings. The number of rotatable bonds is 7. The molecule has 5 nitrogen and oxygen atoms in total. The highest BCUT2D eigenvalue weighted by molar-refractivity contribution is 7.15. The molecule has 0 radical (unpaired) electrons. The second-order valence-electron chi connectivity index (χ2n) is 6.76. The predicted octanol–water partition coefficient (Wildman–Crippen LogP) is 5.38. The Morgan fingerprint density at radius 3 is 2.45 bits per heavy atom. The predicted molar refractivity (Wildman–Crippen MR) is 109 cm³/mol. The Balaban J connectivity index is 1.74. The minimum Gasteiger partial charge on any atom is -0.479 e. The molecule has 1 aromatic heterocycles. The standard InChI is InChI=1S/C21H18F4N2O3S/c1-12-18(31-20(26-12)13-3-5-14(6-4-13)21(23,24)25)10-27(2)15-7-8-17(16(22)9-15)30-11-19(28)29/h3-9H,10-11H2,1-2H3,(H,28,29). The molecule has 164 valence electrons. The zero-order valence-electron chi connectivity index (χ0n) is 16.5. The van der Waals surface area contributed by atoms with Gasteiger partial charge in [0.1, 0.15) is 5.01 Å². The Morgan fingerprint density at radius 2 is 1.87 bits per heavy atom. The number of hydrogen-bond acceptors (Lipinski definition) is 5. The highest BCUT2D eigenvalue weighted by atomic mass is 32.1. The Morgan fingerprint density at radius 1 is 1.19 bits per heavy atom. The number of nitrogens with zero attached hydrogens (tertiary/aromatic N) is 2. The minimum absolute atomic E-state index is 0.155. The van der Waals surface area contributed by atoms with E-state index in [1.807, 2.05) is 0 Å². The first-order valence-electron chi connectivity index (χ1n) is 9.04. The van der Waals surface area contributed by atoms with Crippen molar-refractivity contribution in [3.63, 3.8) is 0 Å². The maximum absolute atomic E-state index is 14.2. The minimum atomic E-state index is -4.39. The van der Waals surface area contributed by atoms with E-state index in [-0.39, 0.29) is 5.75 Å². The number of carboxylic acids is 1. The van der Waals surface area contributed by atoms with Crippen molar-refractivity contribution in [2.45, 2.75) is 19.6 Å². The number of anilines is 1. The van der Waals surface area contributed by atoms with Gasteiger partial charge in [-0.3, -0.25) is 0 Å². The number of benzene rings is 2. The lowest BCUT2D eigenvalue weighted by Gasteiger charge is -2.19. The maximum atomic E-state index is 14.2. The molecule has 0 aliphatic carbocycles. The van der Waals surface area contributed by atoms with Crippen LogP contribution >= 0.6 is 11.3 Å². The van der Waals surface area contributed by atoms with E-state index in [2.05, 4.69) is 4.98 Å². The van der Waals surface area contributed by atoms with Crippen molar-refractivity contribution in [2.24, 2.45) is 0 Å². The average Bonchev–Trinajstić information content (AvgIpc) is 3.06. The summed E-state index contributed by atoms with van der Waals surface area (Å²) in [5.41, 5.74) is 1.14. The third-order valence-corrected chi connectivity index (χ3v) is 5.63. The Kier molecular flexibility index (Phi) is 6.49. The molecule has 3 rings (SSSR count). The number of thiazole rings is 1. The molecule has 0 spiro atoms. The van der Waals surface area contributed by atoms with Gasteiger partial charge < -0.3 is 14.7 Å². The van der Waals surface area contributed by atoms with Crippen molar-refractivity contribution < 1.29 is 32.2 Å². The zero-order chi connectivity index (χ0) is 22.8. The van der Waals surface area contributed by atoms with Gasteiger partial charge in [-0.15, -0.1) is 11.3 Å². The van der Waals surface area contributed by atoms with Crippen LogP contribution in [0, 0.1) is 12.7 Å². The summed E-state index contributed by atoms with van der Waals surface area (Å²) in [5, 5.41) is 9.22. The van der Waals surface area contributed by atoms with Gasteiger partial charge in [-0.05, 0) is 31.2 Å². The van der Waals surface area contributed by atoms with Crippen LogP contribution < -0.4 is 9.64 Å². The van der Waals surface area contributed by atoms with E-state index in [0.29, 0.717) is 22.8 Å². The van der Waals surface area contributed by atoms with Crippen molar-refractivity contribution in [1.29, 1.82) is 0 Å². The van der Waals surface area contributed by atoms with E-state index in [0.717, 1.165) is 22.7 Å². The normalized spacial score (nSPS) is 11.4. The van der Waals surface area contributed by atoms with Gasteiger partial charge >= 0.3 is 12.1 Å². The molecule has 0 saturated carbocycles. The number of halogens is 4. The Hall–Kier alpha value is -3.14. The van der Waals surface area contributed by atoms with Gasteiger partial charge in [0, 0.05) is 29.2 Å². The van der Waals surface area contributed by atoms with Gasteiger partial charge in [-0.1, -0.05) is 12.1 Å². The van der Waals surface area contributed by atoms with E-state index < -0.39 is 30.1 Å². The van der Waals surface area contributed by atoms with Crippen LogP contribution in [0.2, 0.25) is 0 Å². The fourth-order valence-corrected chi connectivity index (χ4v) is 3.91. The number of hydrogen-bond donors (Lipinski definition) is 1. The number of carbonyl (C=O) groups is 1. The fraction of sp³-hybridized carbons (Fsp3) is 0.238. The van der Waals surface area contributed by atoms with E-state index in [9.17, 15) is 22.4 Å². The van der Waals surface area contributed by atoms with Crippen LogP contribution in [0.5, 0.6) is 5.75 Å². The number of aliphatic carboxylic acids is 1. The lowest BCUT2D eigenvalue weighted by Crippen LogP contribution is -2.16. The van der Waals surface area contributed by atoms with Crippen molar-refractivity contribution in [2.75, 3.05) is 18.6 Å². The second-order valence-corrected chi connectivity index (χ2v) is 7.84. The molecular weight excluding hydrogens is 436 g/mol. The SMILES string of the molecule is Cc1nc(-c2ccc(C(F)(F)F)cc2)sc1CN(C)c1ccc(OCC(=O)O)c(F)c1. The van der Waals surface area contributed by atoms with Crippen molar-refractivity contribution >= 4 is 23.0 Å². The summed E-state index contributed by atoms with van der Waals surface area (Å²) >= 11 is 1.35. The van der Waals surface area contributed by atoms with Gasteiger partial charge in [0.15, 0.2) is 18.2 Å². The van der Waals surface area contributed by atoms with Crippen LogP contribution in [0.4, 0.5) is 23.2 Å². The molecule has 0 unspecified atom stereocenters. The molecule has 2 aromatic carbocycles. The van der Waals surface area contributed by atoms with E-state index >= 15 is 0 Å². The van der Waals surface area contributed by atoms with Gasteiger partial charge in [-0.2, -0.15) is 13.2 Å². The van der Waals surface area contributed by atoms with Crippen LogP contribution in [0.3, 0.4) is 0 Å². The van der Waals surface area contributed by atoms with Gasteiger partial charge in [0.05, 0.1) is 17.8 Å². The van der Waals surface area contributed by atoms with Crippen molar-refractivity contribution in [3.8, 4) is 16.3 Å². The Bertz CT molecular complexity index is 1080. The number of ether oxygens (including phenoxy) is 1. The smallest absolute Gasteiger partial charge is 0.416 e. The average molecular weight is 454 g/mol. The van der Waals surface area contributed by atoms with Crippen LogP contribution in [-0.4, -0.2) is 29.7 Å². The van der Waals surface area contributed by atoms with Crippen LogP contribution in [0.25, 0.3) is 10.6 Å². The molecule has 0 atom stereocenters. The fourth-order valence-electron chi connectivity index (χ4n) is 2.79. The molecule has 1 N–H and O–H groups in total. The zero-order valence-corrected chi connectivity index (χ0v) is 17.4. The topological polar surface area (TPSA) is 62.7 Å². The molecule has 10 heteroatoms. The van der Waals surface area contributed by atoms with Gasteiger partial charge in [0.25, 0.3) is 0 Å². The first-order chi connectivity index (χ1) is 14.5. The molecule has 0 fully saturated rings. The number of aromatic nitrogens is 1. The summed E-state index contributed by atoms with van der Waals surface area (Å²) in [6.45, 7) is 1.56. The van der Waals surface area contributed by atoms with Crippen LogP contribution in [-0.2, 0) is 17.5 Å². The summed E-state index contributed by atoms with van der Waals surface area (Å²) in [6.07, 6.45) is -4.39. The summed E-state index contributed by atoms with van der Waals surface area (Å²) in [6, 6.07) is 9.03. The highest BCUT2D eigenvalue weighted by Gasteiger charge is 2.30. The second kappa shape index (κ2) is 8.93. The number of carboxylic acid groups (broad SMARTS) is 1. The first kappa shape index (κ1) is 22.5. The number of aryl methyl sites for hydroxylation is 1. The van der Waals surface area contributed by atoms with Crippen molar-refractivity contribution in [1.82, 2.24) is 4.98 Å². The summed E-state index contributed by atoms with van der Waals surface area (Å²) in [5.74, 6) is -2.04. The molecule has 1 heterocycles. The summed E-state index contributed by atoms with van der Waals surface area (Å²) in [4.78, 5) is 17.7. The molecule has 31 heavy (non-hydrogen) atoms. The quantitative estimate of drug-likeness (QED) is 0.486. The largest absolute Gasteiger partial charge is 0.479 e.